The summed E-state index contributed by atoms with van der Waals surface area (Å²) in [7, 11) is 5.88. The van der Waals surface area contributed by atoms with Crippen molar-refractivity contribution in [3.63, 3.8) is 0 Å². The lowest BCUT2D eigenvalue weighted by molar-refractivity contribution is -0.111. The number of ether oxygens (including phenoxy) is 1. The topological polar surface area (TPSA) is 98.3 Å². The smallest absolute Gasteiger partial charge is 0.247 e. The number of anilines is 5. The molecule has 1 atom stereocenters. The van der Waals surface area contributed by atoms with E-state index in [0.29, 0.717) is 41.4 Å². The van der Waals surface area contributed by atoms with Crippen LogP contribution in [0.25, 0.3) is 0 Å². The molecule has 0 saturated carbocycles. The summed E-state index contributed by atoms with van der Waals surface area (Å²) in [5.41, 5.74) is 1.92. The highest BCUT2D eigenvalue weighted by molar-refractivity contribution is 6.02. The maximum Gasteiger partial charge on any atom is 0.247 e. The Morgan fingerprint density at radius 2 is 1.76 bits per heavy atom. The molecule has 1 aromatic heterocycles. The average molecular weight is 681 g/mol. The highest BCUT2D eigenvalue weighted by Crippen LogP contribution is 2.41. The molecule has 262 valence electrons. The summed E-state index contributed by atoms with van der Waals surface area (Å²) in [6, 6.07) is 7.83. The number of likely N-dealkylation sites (tertiary alicyclic amines) is 1. The molecule has 4 heterocycles. The van der Waals surface area contributed by atoms with Gasteiger partial charge in [-0.3, -0.25) is 9.63 Å². The fourth-order valence-corrected chi connectivity index (χ4v) is 7.07. The summed E-state index contributed by atoms with van der Waals surface area (Å²) in [6.45, 7) is 7.73. The third-order valence-electron chi connectivity index (χ3n) is 9.78. The number of nitrogens with one attached hydrogen (secondary N) is 2. The Balaban J connectivity index is 1.21. The molecule has 3 fully saturated rings. The van der Waals surface area contributed by atoms with Crippen LogP contribution < -0.4 is 25.3 Å². The molecule has 3 aliphatic rings. The zero-order valence-corrected chi connectivity index (χ0v) is 28.1. The molecule has 2 N–H and O–H groups in total. The Kier molecular flexibility index (Phi) is 10.6. The van der Waals surface area contributed by atoms with Gasteiger partial charge in [0.15, 0.2) is 23.3 Å². The second-order valence-corrected chi connectivity index (χ2v) is 12.8. The lowest BCUT2D eigenvalue weighted by Gasteiger charge is -2.43. The number of hydrogen-bond acceptors (Lipinski definition) is 10. The van der Waals surface area contributed by atoms with E-state index >= 15 is 0 Å². The van der Waals surface area contributed by atoms with Crippen LogP contribution in [-0.2, 0) is 9.63 Å². The molecule has 1 amide bonds. The molecule has 14 heteroatoms. The van der Waals surface area contributed by atoms with E-state index < -0.39 is 23.5 Å². The van der Waals surface area contributed by atoms with Crippen molar-refractivity contribution in [1.82, 2.24) is 19.8 Å². The molecule has 0 radical (unpaired) electrons. The van der Waals surface area contributed by atoms with E-state index in [1.54, 1.807) is 19.2 Å². The van der Waals surface area contributed by atoms with Crippen LogP contribution in [0, 0.1) is 17.5 Å². The number of benzene rings is 2. The van der Waals surface area contributed by atoms with Crippen molar-refractivity contribution >= 4 is 34.6 Å². The normalized spacial score (nSPS) is 19.4. The average Bonchev–Trinajstić information content (AvgIpc) is 3.61. The van der Waals surface area contributed by atoms with Gasteiger partial charge < -0.3 is 30.1 Å². The van der Waals surface area contributed by atoms with Crippen LogP contribution in [0.5, 0.6) is 5.75 Å². The van der Waals surface area contributed by atoms with E-state index in [1.807, 2.05) is 6.07 Å². The SMILES string of the molecule is C=CC(=O)Nc1cc(Nc2cc(N3OCC[C@@H]3c3ccc(F)c(F)c3F)ncn2)c(OC)cc1N1CCC(N2CCC(N(C)C)CC2)CC1. The third-order valence-corrected chi connectivity index (χ3v) is 9.78. The second-order valence-electron chi connectivity index (χ2n) is 12.8. The second kappa shape index (κ2) is 15.0. The van der Waals surface area contributed by atoms with Gasteiger partial charge in [0.25, 0.3) is 0 Å². The molecule has 0 spiro atoms. The van der Waals surface area contributed by atoms with Crippen LogP contribution in [0.1, 0.15) is 43.7 Å². The maximum atomic E-state index is 14.7. The van der Waals surface area contributed by atoms with Gasteiger partial charge in [-0.15, -0.1) is 0 Å². The van der Waals surface area contributed by atoms with Crippen molar-refractivity contribution in [2.75, 3.05) is 74.6 Å². The van der Waals surface area contributed by atoms with Crippen LogP contribution in [0.15, 0.2) is 49.3 Å². The minimum Gasteiger partial charge on any atom is -0.494 e. The van der Waals surface area contributed by atoms with Gasteiger partial charge >= 0.3 is 0 Å². The fraction of sp³-hybridized carbons (Fsp3) is 0.457. The van der Waals surface area contributed by atoms with Crippen LogP contribution in [0.4, 0.5) is 41.9 Å². The van der Waals surface area contributed by atoms with Gasteiger partial charge in [0.05, 0.1) is 36.8 Å². The zero-order valence-electron chi connectivity index (χ0n) is 28.1. The standard InChI is InChI=1S/C35H43F3N8O3/c1-5-33(47)42-26-18-27(30(48-4)19-29(26)45-15-10-23(11-16-45)44-13-8-22(9-14-44)43(2)3)41-31-20-32(40-21-39-31)46-28(12-17-49-46)24-6-7-25(36)35(38)34(24)37/h5-7,18-23,28H,1,8-17H2,2-4H3,(H,42,47)(H,39,40,41)/t28-/m1/s1. The highest BCUT2D eigenvalue weighted by atomic mass is 19.2. The van der Waals surface area contributed by atoms with E-state index in [9.17, 15) is 18.0 Å². The predicted octanol–water partition coefficient (Wildman–Crippen LogP) is 5.65. The number of piperidine rings is 2. The number of aromatic nitrogens is 2. The molecule has 0 bridgehead atoms. The monoisotopic (exact) mass is 680 g/mol. The number of amides is 1. The Bertz CT molecular complexity index is 1660. The quantitative estimate of drug-likeness (QED) is 0.207. The first-order chi connectivity index (χ1) is 23.7. The molecular formula is C35H43F3N8O3. The summed E-state index contributed by atoms with van der Waals surface area (Å²) >= 11 is 0. The molecule has 6 rings (SSSR count). The number of carbonyl (C=O) groups is 1. The molecule has 3 saturated heterocycles. The van der Waals surface area contributed by atoms with Crippen LogP contribution in [0.2, 0.25) is 0 Å². The number of rotatable bonds is 10. The lowest BCUT2D eigenvalue weighted by atomic mass is 9.97. The van der Waals surface area contributed by atoms with Crippen LogP contribution in [0.3, 0.4) is 0 Å². The summed E-state index contributed by atoms with van der Waals surface area (Å²) in [4.78, 5) is 34.2. The first kappa shape index (κ1) is 34.5. The highest BCUT2D eigenvalue weighted by Gasteiger charge is 2.33. The van der Waals surface area contributed by atoms with Gasteiger partial charge in [0, 0.05) is 49.3 Å². The Labute approximate surface area is 284 Å². The minimum absolute atomic E-state index is 0.0395. The van der Waals surface area contributed by atoms with Gasteiger partial charge in [0.1, 0.15) is 17.9 Å². The van der Waals surface area contributed by atoms with Gasteiger partial charge in [0.2, 0.25) is 5.91 Å². The van der Waals surface area contributed by atoms with Gasteiger partial charge in [-0.25, -0.2) is 28.2 Å². The molecular weight excluding hydrogens is 637 g/mol. The Morgan fingerprint density at radius 3 is 2.45 bits per heavy atom. The summed E-state index contributed by atoms with van der Waals surface area (Å²) in [5.74, 6) is -3.23. The van der Waals surface area contributed by atoms with Crippen molar-refractivity contribution in [1.29, 1.82) is 0 Å². The number of nitrogens with zero attached hydrogens (tertiary/aromatic N) is 6. The summed E-state index contributed by atoms with van der Waals surface area (Å²) < 4.78 is 48.2. The van der Waals surface area contributed by atoms with Crippen molar-refractivity contribution in [3.8, 4) is 5.75 Å². The number of methoxy groups -OCH3 is 1. The van der Waals surface area contributed by atoms with E-state index in [-0.39, 0.29) is 23.9 Å². The number of halogens is 3. The van der Waals surface area contributed by atoms with Gasteiger partial charge in [-0.05, 0) is 71.1 Å². The van der Waals surface area contributed by atoms with E-state index in [4.69, 9.17) is 9.57 Å². The van der Waals surface area contributed by atoms with E-state index in [1.165, 1.54) is 36.4 Å². The fourth-order valence-electron chi connectivity index (χ4n) is 7.07. The molecule has 0 aliphatic carbocycles. The van der Waals surface area contributed by atoms with Crippen LogP contribution >= 0.6 is 0 Å². The van der Waals surface area contributed by atoms with Crippen molar-refractivity contribution in [2.45, 2.75) is 50.2 Å². The van der Waals surface area contributed by atoms with Crippen molar-refractivity contribution < 1.29 is 27.5 Å². The zero-order chi connectivity index (χ0) is 34.7. The molecule has 3 aliphatic heterocycles. The lowest BCUT2D eigenvalue weighted by Crippen LogP contribution is -2.50. The minimum atomic E-state index is -1.53. The number of hydroxylamine groups is 1. The Hall–Kier alpha value is -4.40. The Morgan fingerprint density at radius 1 is 1.00 bits per heavy atom. The first-order valence-corrected chi connectivity index (χ1v) is 16.6. The van der Waals surface area contributed by atoms with E-state index in [0.717, 1.165) is 50.8 Å². The van der Waals surface area contributed by atoms with Crippen LogP contribution in [-0.4, -0.2) is 91.7 Å². The van der Waals surface area contributed by atoms with Crippen molar-refractivity contribution in [3.05, 3.63) is 72.3 Å². The predicted molar refractivity (Wildman–Crippen MR) is 183 cm³/mol. The van der Waals surface area contributed by atoms with Gasteiger partial charge in [-0.2, -0.15) is 0 Å². The summed E-state index contributed by atoms with van der Waals surface area (Å²) in [6.07, 6.45) is 7.27. The number of carbonyl (C=O) groups excluding carboxylic acids is 1. The van der Waals surface area contributed by atoms with E-state index in [2.05, 4.69) is 56.0 Å². The summed E-state index contributed by atoms with van der Waals surface area (Å²) in [5, 5.41) is 7.57. The molecule has 2 aromatic carbocycles. The maximum absolute atomic E-state index is 14.7. The largest absolute Gasteiger partial charge is 0.494 e. The third kappa shape index (κ3) is 7.46. The molecule has 0 unspecified atom stereocenters. The van der Waals surface area contributed by atoms with Crippen molar-refractivity contribution in [2.24, 2.45) is 0 Å². The molecule has 11 nitrogen and oxygen atoms in total. The first-order valence-electron chi connectivity index (χ1n) is 16.6. The van der Waals surface area contributed by atoms with Gasteiger partial charge in [-0.1, -0.05) is 12.6 Å². The molecule has 49 heavy (non-hydrogen) atoms. The number of hydrogen-bond donors (Lipinski definition) is 2. The molecule has 3 aromatic rings.